The van der Waals surface area contributed by atoms with Crippen LogP contribution in [0.4, 0.5) is 0 Å². The molecule has 2 nitrogen and oxygen atoms in total. The smallest absolute Gasteiger partial charge is 0.209 e. The zero-order valence-electron chi connectivity index (χ0n) is 8.92. The highest BCUT2D eigenvalue weighted by atomic mass is 127. The summed E-state index contributed by atoms with van der Waals surface area (Å²) in [5.41, 5.74) is 0. The Hall–Kier alpha value is 0.360. The topological polar surface area (TPSA) is 29.1 Å². The van der Waals surface area contributed by atoms with Crippen molar-refractivity contribution in [3.05, 3.63) is 0 Å². The van der Waals surface area contributed by atoms with E-state index in [1.807, 2.05) is 22.6 Å². The Balaban J connectivity index is 1.65. The fourth-order valence-electron chi connectivity index (χ4n) is 3.48. The summed E-state index contributed by atoms with van der Waals surface area (Å²) in [6.07, 6.45) is 8.25. The Labute approximate surface area is 105 Å². The highest BCUT2D eigenvalue weighted by Crippen LogP contribution is 2.45. The van der Waals surface area contributed by atoms with Crippen molar-refractivity contribution in [1.82, 2.24) is 5.32 Å². The summed E-state index contributed by atoms with van der Waals surface area (Å²) < 4.78 is 0.326. The molecular formula is C12H18INO. The number of carbonyl (C=O) groups is 1. The maximum absolute atomic E-state index is 11.5. The van der Waals surface area contributed by atoms with Crippen molar-refractivity contribution in [2.75, 3.05) is 0 Å². The lowest BCUT2D eigenvalue weighted by molar-refractivity contribution is -0.115. The summed E-state index contributed by atoms with van der Waals surface area (Å²) in [5, 5.41) is 3.58. The third-order valence-electron chi connectivity index (χ3n) is 4.47. The first-order chi connectivity index (χ1) is 7.24. The van der Waals surface area contributed by atoms with Crippen LogP contribution in [0.1, 0.15) is 38.5 Å². The van der Waals surface area contributed by atoms with Crippen molar-refractivity contribution < 1.29 is 4.79 Å². The van der Waals surface area contributed by atoms with Crippen LogP contribution in [-0.4, -0.2) is 15.9 Å². The highest BCUT2D eigenvalue weighted by Gasteiger charge is 2.44. The van der Waals surface area contributed by atoms with E-state index in [-0.39, 0.29) is 6.04 Å². The quantitative estimate of drug-likeness (QED) is 0.640. The van der Waals surface area contributed by atoms with Gasteiger partial charge in [-0.3, -0.25) is 4.79 Å². The van der Waals surface area contributed by atoms with Gasteiger partial charge in [0.1, 0.15) is 0 Å². The number of halogens is 1. The van der Waals surface area contributed by atoms with Gasteiger partial charge in [0, 0.05) is 28.6 Å². The second kappa shape index (κ2) is 3.99. The molecule has 4 fully saturated rings. The molecule has 4 atom stereocenters. The van der Waals surface area contributed by atoms with Gasteiger partial charge in [0.25, 0.3) is 0 Å². The van der Waals surface area contributed by atoms with E-state index >= 15 is 0 Å². The molecule has 0 aromatic carbocycles. The standard InChI is InChI=1S/C12H18INO/c13-12(15)11-8-3-4-10(14-11)9(6-8)5-7-1-2-7/h7-11,14H,1-6H2/t8-,9-,10+,11+/m1/s1. The number of nitrogens with one attached hydrogen (secondary N) is 1. The van der Waals surface area contributed by atoms with Crippen LogP contribution in [0.2, 0.25) is 0 Å². The Morgan fingerprint density at radius 3 is 2.60 bits per heavy atom. The molecule has 0 unspecified atom stereocenters. The van der Waals surface area contributed by atoms with E-state index in [4.69, 9.17) is 0 Å². The number of hydrogen-bond donors (Lipinski definition) is 1. The Morgan fingerprint density at radius 2 is 2.07 bits per heavy atom. The van der Waals surface area contributed by atoms with E-state index in [1.54, 1.807) is 0 Å². The third-order valence-corrected chi connectivity index (χ3v) is 5.14. The van der Waals surface area contributed by atoms with Gasteiger partial charge < -0.3 is 5.32 Å². The van der Waals surface area contributed by atoms with Crippen molar-refractivity contribution in [3.8, 4) is 0 Å². The van der Waals surface area contributed by atoms with E-state index in [0.717, 1.165) is 11.8 Å². The molecule has 2 saturated heterocycles. The monoisotopic (exact) mass is 319 g/mol. The molecule has 0 amide bonds. The molecule has 2 aliphatic heterocycles. The molecule has 0 spiro atoms. The Bertz CT molecular complexity index is 277. The van der Waals surface area contributed by atoms with E-state index in [9.17, 15) is 4.79 Å². The van der Waals surface area contributed by atoms with E-state index in [2.05, 4.69) is 5.32 Å². The van der Waals surface area contributed by atoms with Crippen molar-refractivity contribution in [2.45, 2.75) is 50.6 Å². The molecule has 3 heteroatoms. The first-order valence-corrected chi connectivity index (χ1v) is 7.27. The second-order valence-electron chi connectivity index (χ2n) is 5.57. The van der Waals surface area contributed by atoms with E-state index < -0.39 is 0 Å². The first-order valence-electron chi connectivity index (χ1n) is 6.19. The molecule has 15 heavy (non-hydrogen) atoms. The highest BCUT2D eigenvalue weighted by molar-refractivity contribution is 14.1. The lowest BCUT2D eigenvalue weighted by Gasteiger charge is -2.47. The van der Waals surface area contributed by atoms with Crippen LogP contribution in [0, 0.1) is 17.8 Å². The average molecular weight is 319 g/mol. The lowest BCUT2D eigenvalue weighted by atomic mass is 9.69. The molecule has 2 bridgehead atoms. The number of hydrogen-bond acceptors (Lipinski definition) is 2. The molecule has 2 saturated carbocycles. The molecule has 4 rings (SSSR count). The van der Waals surface area contributed by atoms with Crippen LogP contribution < -0.4 is 5.32 Å². The van der Waals surface area contributed by atoms with Gasteiger partial charge in [-0.2, -0.15) is 0 Å². The van der Waals surface area contributed by atoms with Crippen LogP contribution in [0.3, 0.4) is 0 Å². The Morgan fingerprint density at radius 1 is 1.27 bits per heavy atom. The molecule has 84 valence electrons. The fourth-order valence-corrected chi connectivity index (χ4v) is 4.17. The first kappa shape index (κ1) is 10.5. The second-order valence-corrected chi connectivity index (χ2v) is 6.63. The number of rotatable bonds is 3. The van der Waals surface area contributed by atoms with Gasteiger partial charge in [0.2, 0.25) is 3.79 Å². The van der Waals surface area contributed by atoms with Gasteiger partial charge in [0.05, 0.1) is 6.04 Å². The number of carbonyl (C=O) groups excluding carboxylic acids is 1. The summed E-state index contributed by atoms with van der Waals surface area (Å²) >= 11 is 1.96. The predicted octanol–water partition coefficient (Wildman–Crippen LogP) is 2.50. The zero-order valence-corrected chi connectivity index (χ0v) is 11.1. The molecule has 0 radical (unpaired) electrons. The SMILES string of the molecule is O=C(I)[C@H]1N[C@H]2CC[C@@H]1C[C@H]2CC1CC1. The maximum atomic E-state index is 11.5. The van der Waals surface area contributed by atoms with Crippen LogP contribution in [-0.2, 0) is 4.79 Å². The van der Waals surface area contributed by atoms with E-state index in [0.29, 0.717) is 15.7 Å². The summed E-state index contributed by atoms with van der Waals surface area (Å²) in [5.74, 6) is 2.55. The van der Waals surface area contributed by atoms with Crippen molar-refractivity contribution in [2.24, 2.45) is 17.8 Å². The Kier molecular flexibility index (Phi) is 2.79. The maximum Gasteiger partial charge on any atom is 0.209 e. The van der Waals surface area contributed by atoms with Crippen LogP contribution >= 0.6 is 22.6 Å². The minimum atomic E-state index is 0.180. The minimum Gasteiger partial charge on any atom is -0.303 e. The van der Waals surface area contributed by atoms with Gasteiger partial charge >= 0.3 is 0 Å². The summed E-state index contributed by atoms with van der Waals surface area (Å²) in [7, 11) is 0. The normalized spacial score (nSPS) is 44.3. The molecule has 0 aromatic rings. The average Bonchev–Trinajstić information content (AvgIpc) is 3.02. The lowest BCUT2D eigenvalue weighted by Crippen LogP contribution is -2.58. The predicted molar refractivity (Wildman–Crippen MR) is 67.9 cm³/mol. The van der Waals surface area contributed by atoms with Crippen molar-refractivity contribution >= 4 is 26.4 Å². The number of piperidine rings is 2. The van der Waals surface area contributed by atoms with E-state index in [1.165, 1.54) is 38.5 Å². The summed E-state index contributed by atoms with van der Waals surface area (Å²) in [4.78, 5) is 11.5. The minimum absolute atomic E-state index is 0.180. The summed E-state index contributed by atoms with van der Waals surface area (Å²) in [6, 6.07) is 0.833. The molecule has 4 aliphatic rings. The van der Waals surface area contributed by atoms with Gasteiger partial charge in [-0.05, 0) is 43.4 Å². The van der Waals surface area contributed by atoms with Gasteiger partial charge in [0.15, 0.2) is 0 Å². The van der Waals surface area contributed by atoms with Gasteiger partial charge in [-0.15, -0.1) is 0 Å². The van der Waals surface area contributed by atoms with Crippen LogP contribution in [0.25, 0.3) is 0 Å². The zero-order chi connectivity index (χ0) is 10.4. The largest absolute Gasteiger partial charge is 0.303 e. The third kappa shape index (κ3) is 2.09. The molecule has 1 N–H and O–H groups in total. The van der Waals surface area contributed by atoms with Gasteiger partial charge in [-0.1, -0.05) is 12.8 Å². The van der Waals surface area contributed by atoms with Crippen LogP contribution in [0.15, 0.2) is 0 Å². The number of fused-ring (bicyclic) bond motifs is 3. The van der Waals surface area contributed by atoms with Gasteiger partial charge in [-0.25, -0.2) is 0 Å². The van der Waals surface area contributed by atoms with Crippen LogP contribution in [0.5, 0.6) is 0 Å². The molecule has 2 aliphatic carbocycles. The molecule has 2 heterocycles. The fraction of sp³-hybridized carbons (Fsp3) is 0.917. The molecular weight excluding hydrogens is 301 g/mol. The summed E-state index contributed by atoms with van der Waals surface area (Å²) in [6.45, 7) is 0. The van der Waals surface area contributed by atoms with Crippen molar-refractivity contribution in [1.29, 1.82) is 0 Å². The molecule has 0 aromatic heterocycles. The van der Waals surface area contributed by atoms with Crippen molar-refractivity contribution in [3.63, 3.8) is 0 Å².